The van der Waals surface area contributed by atoms with E-state index in [1.165, 1.54) is 0 Å². The number of hydrogen-bond acceptors (Lipinski definition) is 11. The van der Waals surface area contributed by atoms with Gasteiger partial charge in [-0.05, 0) is 87.0 Å². The van der Waals surface area contributed by atoms with Crippen molar-refractivity contribution >= 4 is 29.4 Å². The van der Waals surface area contributed by atoms with Gasteiger partial charge in [0.2, 0.25) is 11.7 Å². The van der Waals surface area contributed by atoms with Gasteiger partial charge in [0.15, 0.2) is 23.1 Å². The zero-order valence-corrected chi connectivity index (χ0v) is 31.2. The number of nitrogens with zero attached hydrogens (tertiary/aromatic N) is 4. The lowest BCUT2D eigenvalue weighted by atomic mass is 9.57. The molecule has 5 atom stereocenters. The quantitative estimate of drug-likeness (QED) is 0.375. The Bertz CT molecular complexity index is 1470. The lowest BCUT2D eigenvalue weighted by Crippen LogP contribution is -2.62. The van der Waals surface area contributed by atoms with Gasteiger partial charge in [0.05, 0.1) is 48.7 Å². The lowest BCUT2D eigenvalue weighted by molar-refractivity contribution is -0.255. The summed E-state index contributed by atoms with van der Waals surface area (Å²) in [5.74, 6) is -2.13. The summed E-state index contributed by atoms with van der Waals surface area (Å²) >= 11 is 0. The fourth-order valence-corrected chi connectivity index (χ4v) is 9.72. The number of nitrogens with one attached hydrogen (secondary N) is 1. The van der Waals surface area contributed by atoms with Crippen LogP contribution in [0, 0.1) is 11.3 Å². The Kier molecular flexibility index (Phi) is 9.46. The normalized spacial score (nSPS) is 32.0. The number of carbonyl (C=O) groups is 4. The van der Waals surface area contributed by atoms with E-state index in [4.69, 9.17) is 19.2 Å². The molecule has 6 aliphatic rings. The number of aliphatic imine (C=N–C) groups is 1. The van der Waals surface area contributed by atoms with Crippen molar-refractivity contribution < 1.29 is 38.5 Å². The summed E-state index contributed by atoms with van der Waals surface area (Å²) in [4.78, 5) is 67.0. The van der Waals surface area contributed by atoms with Crippen LogP contribution in [0.2, 0.25) is 0 Å². The third kappa shape index (κ3) is 6.25. The Hall–Kier alpha value is -3.03. The molecule has 0 aromatic carbocycles. The number of ether oxygens (including phenoxy) is 3. The Labute approximate surface area is 296 Å². The molecule has 2 saturated carbocycles. The third-order valence-corrected chi connectivity index (χ3v) is 11.7. The molecule has 3 saturated heterocycles. The number of aliphatic hydroxyl groups is 1. The molecule has 0 radical (unpaired) electrons. The zero-order chi connectivity index (χ0) is 36.4. The van der Waals surface area contributed by atoms with Crippen LogP contribution in [0.3, 0.4) is 0 Å². The van der Waals surface area contributed by atoms with Gasteiger partial charge in [-0.3, -0.25) is 14.4 Å². The van der Waals surface area contributed by atoms with Crippen LogP contribution < -0.4 is 5.32 Å². The van der Waals surface area contributed by atoms with E-state index in [1.807, 2.05) is 39.5 Å². The highest BCUT2D eigenvalue weighted by molar-refractivity contribution is 6.43. The number of fused-ring (bicyclic) bond motifs is 2. The summed E-state index contributed by atoms with van der Waals surface area (Å²) in [7, 11) is 1.81. The van der Waals surface area contributed by atoms with Crippen LogP contribution in [0.15, 0.2) is 16.4 Å². The van der Waals surface area contributed by atoms with Gasteiger partial charge in [-0.15, -0.1) is 0 Å². The average Bonchev–Trinajstić information content (AvgIpc) is 3.75. The molecular formula is C37H57N5O8. The largest absolute Gasteiger partial charge is 0.444 e. The van der Waals surface area contributed by atoms with E-state index in [0.717, 1.165) is 19.3 Å². The number of carbonyl (C=O) groups excluding carboxylic acids is 4. The van der Waals surface area contributed by atoms with E-state index in [1.54, 1.807) is 30.7 Å². The number of likely N-dealkylation sites (N-methyl/N-ethyl adjacent to an activating group) is 1. The molecule has 4 heterocycles. The van der Waals surface area contributed by atoms with Crippen LogP contribution in [-0.2, 0) is 28.6 Å². The molecule has 0 aromatic heterocycles. The predicted molar refractivity (Wildman–Crippen MR) is 185 cm³/mol. The van der Waals surface area contributed by atoms with Crippen molar-refractivity contribution in [2.75, 3.05) is 33.4 Å². The van der Waals surface area contributed by atoms with Crippen LogP contribution >= 0.6 is 0 Å². The van der Waals surface area contributed by atoms with Crippen molar-refractivity contribution in [3.05, 3.63) is 11.4 Å². The van der Waals surface area contributed by atoms with Crippen molar-refractivity contribution in [2.45, 2.75) is 147 Å². The second kappa shape index (κ2) is 12.9. The maximum absolute atomic E-state index is 14.7. The highest BCUT2D eigenvalue weighted by Crippen LogP contribution is 2.56. The summed E-state index contributed by atoms with van der Waals surface area (Å²) in [6.07, 6.45) is 5.78. The zero-order valence-electron chi connectivity index (χ0n) is 31.2. The number of likely N-dealkylation sites (tertiary alicyclic amines) is 2. The first-order valence-electron chi connectivity index (χ1n) is 18.5. The van der Waals surface area contributed by atoms with Gasteiger partial charge >= 0.3 is 6.09 Å². The van der Waals surface area contributed by atoms with E-state index >= 15 is 0 Å². The summed E-state index contributed by atoms with van der Waals surface area (Å²) in [5, 5.41) is 14.1. The first kappa shape index (κ1) is 36.8. The van der Waals surface area contributed by atoms with Gasteiger partial charge in [0, 0.05) is 32.1 Å². The van der Waals surface area contributed by atoms with Gasteiger partial charge in [-0.25, -0.2) is 9.79 Å². The topological polar surface area (TPSA) is 150 Å². The highest BCUT2D eigenvalue weighted by Gasteiger charge is 2.64. The van der Waals surface area contributed by atoms with Crippen LogP contribution in [0.1, 0.15) is 113 Å². The molecule has 2 amide bonds. The molecule has 2 spiro atoms. The smallest absolute Gasteiger partial charge is 0.410 e. The number of amides is 2. The SMILES string of the molecule is C[C@H]([C@@H]1CCCN1C(=O)OC(C)(C)C)N1C(=O)CC2=C(N(C)CC(C)(C)O)NC(C(=O)C3CCC[C@@]4(CCCCC45OCCO5)C3=O)=NC21C. The van der Waals surface area contributed by atoms with E-state index < -0.39 is 51.9 Å². The Balaban J connectivity index is 1.37. The molecule has 278 valence electrons. The molecule has 6 rings (SSSR count). The molecular weight excluding hydrogens is 642 g/mol. The van der Waals surface area contributed by atoms with Gasteiger partial charge < -0.3 is 39.3 Å². The second-order valence-corrected chi connectivity index (χ2v) is 17.1. The van der Waals surface area contributed by atoms with Crippen molar-refractivity contribution in [3.63, 3.8) is 0 Å². The van der Waals surface area contributed by atoms with Crippen molar-refractivity contribution in [1.82, 2.24) is 20.0 Å². The first-order valence-corrected chi connectivity index (χ1v) is 18.5. The maximum atomic E-state index is 14.7. The van der Waals surface area contributed by atoms with Crippen molar-refractivity contribution in [3.8, 4) is 0 Å². The number of ketones is 2. The molecule has 13 nitrogen and oxygen atoms in total. The number of amidine groups is 1. The van der Waals surface area contributed by atoms with Crippen molar-refractivity contribution in [2.24, 2.45) is 16.3 Å². The Morgan fingerprint density at radius 1 is 1.06 bits per heavy atom. The van der Waals surface area contributed by atoms with Crippen LogP contribution in [0.5, 0.6) is 0 Å². The molecule has 50 heavy (non-hydrogen) atoms. The minimum Gasteiger partial charge on any atom is -0.444 e. The lowest BCUT2D eigenvalue weighted by Gasteiger charge is -2.52. The third-order valence-electron chi connectivity index (χ3n) is 11.7. The first-order chi connectivity index (χ1) is 23.3. The summed E-state index contributed by atoms with van der Waals surface area (Å²) < 4.78 is 18.2. The molecule has 4 aliphatic heterocycles. The standard InChI is InChI=1S/C37H57N5O8/c1-23(26-14-12-18-41(26)32(46)50-33(2,3)4)42-27(43)21-25-31(40(8)22-34(5,6)47)38-30(39-35(25,42)7)28(44)24-13-11-16-36(29(24)45)15-9-10-17-37(36)48-19-20-49-37/h23-24,26,47H,9-22H2,1-8H3,(H,38,39)/t23-,24?,26+,35?,36+/m1/s1. The van der Waals surface area contributed by atoms with E-state index in [0.29, 0.717) is 69.7 Å². The van der Waals surface area contributed by atoms with Gasteiger partial charge in [-0.1, -0.05) is 12.8 Å². The maximum Gasteiger partial charge on any atom is 0.410 e. The molecule has 2 N–H and O–H groups in total. The Morgan fingerprint density at radius 3 is 2.38 bits per heavy atom. The summed E-state index contributed by atoms with van der Waals surface area (Å²) in [6, 6.07) is -0.780. The van der Waals surface area contributed by atoms with Gasteiger partial charge in [0.25, 0.3) is 0 Å². The molecule has 0 bridgehead atoms. The molecule has 2 aliphatic carbocycles. The van der Waals surface area contributed by atoms with E-state index in [9.17, 15) is 24.3 Å². The fourth-order valence-electron chi connectivity index (χ4n) is 9.72. The van der Waals surface area contributed by atoms with Crippen LogP contribution in [0.4, 0.5) is 4.79 Å². The molecule has 0 aromatic rings. The van der Waals surface area contributed by atoms with E-state index in [-0.39, 0.29) is 36.5 Å². The minimum absolute atomic E-state index is 0.0182. The molecule has 5 fully saturated rings. The van der Waals surface area contributed by atoms with E-state index in [2.05, 4.69) is 5.32 Å². The van der Waals surface area contributed by atoms with Crippen LogP contribution in [0.25, 0.3) is 0 Å². The highest BCUT2D eigenvalue weighted by atomic mass is 16.7. The number of Topliss-reactive ketones (excluding diaryl/α,β-unsaturated/α-hetero) is 2. The average molecular weight is 700 g/mol. The van der Waals surface area contributed by atoms with Gasteiger partial charge in [0.1, 0.15) is 11.4 Å². The predicted octanol–water partition coefficient (Wildman–Crippen LogP) is 3.88. The Morgan fingerprint density at radius 2 is 1.72 bits per heavy atom. The number of rotatable bonds is 7. The number of hydrogen-bond donors (Lipinski definition) is 2. The van der Waals surface area contributed by atoms with Gasteiger partial charge in [-0.2, -0.15) is 0 Å². The fraction of sp³-hybridized carbons (Fsp3) is 0.811. The van der Waals surface area contributed by atoms with Crippen molar-refractivity contribution in [1.29, 1.82) is 0 Å². The summed E-state index contributed by atoms with van der Waals surface area (Å²) in [5.41, 5.74) is -3.26. The minimum atomic E-state index is -1.28. The summed E-state index contributed by atoms with van der Waals surface area (Å²) in [6.45, 7) is 14.2. The molecule has 2 unspecified atom stereocenters. The molecule has 13 heteroatoms. The second-order valence-electron chi connectivity index (χ2n) is 17.1. The monoisotopic (exact) mass is 699 g/mol. The van der Waals surface area contributed by atoms with Crippen LogP contribution in [-0.4, -0.2) is 117 Å².